The zero-order chi connectivity index (χ0) is 8.15. The van der Waals surface area contributed by atoms with E-state index in [9.17, 15) is 4.21 Å². The van der Waals surface area contributed by atoms with Gasteiger partial charge in [0.05, 0.1) is 5.88 Å². The van der Waals surface area contributed by atoms with E-state index in [0.717, 1.165) is 11.6 Å². The zero-order valence-electron chi connectivity index (χ0n) is 7.26. The van der Waals surface area contributed by atoms with Crippen LogP contribution in [0.3, 0.4) is 0 Å². The van der Waals surface area contributed by atoms with Gasteiger partial charge in [-0.05, 0) is 14.0 Å². The van der Waals surface area contributed by atoms with Crippen molar-refractivity contribution in [3.63, 3.8) is 0 Å². The highest BCUT2D eigenvalue weighted by Gasteiger charge is 2.21. The summed E-state index contributed by atoms with van der Waals surface area (Å²) in [5.41, 5.74) is 0. The number of hydrogen-bond acceptors (Lipinski definition) is 2. The van der Waals surface area contributed by atoms with Crippen molar-refractivity contribution in [2.75, 3.05) is 18.7 Å². The summed E-state index contributed by atoms with van der Waals surface area (Å²) < 4.78 is 10.7. The second kappa shape index (κ2) is 4.85. The van der Waals surface area contributed by atoms with E-state index in [-0.39, 0.29) is 0 Å². The molecule has 1 aliphatic heterocycles. The number of hydrogen-bond donors (Lipinski definition) is 0. The van der Waals surface area contributed by atoms with Crippen molar-refractivity contribution in [1.29, 1.82) is 0 Å². The van der Waals surface area contributed by atoms with Crippen molar-refractivity contribution in [2.45, 2.75) is 26.8 Å². The van der Waals surface area contributed by atoms with Crippen molar-refractivity contribution in [2.24, 2.45) is 0 Å². The predicted octanol–water partition coefficient (Wildman–Crippen LogP) is 1.05. The first-order chi connectivity index (χ1) is 4.70. The van der Waals surface area contributed by atoms with Crippen LogP contribution in [0.1, 0.15) is 20.8 Å². The lowest BCUT2D eigenvalue weighted by atomic mass is 10.4. The van der Waals surface area contributed by atoms with Crippen molar-refractivity contribution < 1.29 is 4.21 Å². The Morgan fingerprint density at radius 3 is 2.10 bits per heavy atom. The Morgan fingerprint density at radius 2 is 2.00 bits per heavy atom. The van der Waals surface area contributed by atoms with Gasteiger partial charge in [-0.3, -0.25) is 9.11 Å². The van der Waals surface area contributed by atoms with E-state index in [1.165, 1.54) is 0 Å². The highest BCUT2D eigenvalue weighted by molar-refractivity contribution is 7.85. The molecule has 1 heterocycles. The van der Waals surface area contributed by atoms with Gasteiger partial charge in [0.1, 0.15) is 0 Å². The topological polar surface area (TPSA) is 20.3 Å². The largest absolute Gasteiger partial charge is 0.291 e. The molecule has 1 saturated heterocycles. The quantitative estimate of drug-likeness (QED) is 0.532. The summed E-state index contributed by atoms with van der Waals surface area (Å²) in [6, 6.07) is 0.524. The minimum Gasteiger partial charge on any atom is -0.291 e. The first-order valence-electron chi connectivity index (χ1n) is 3.75. The maximum Gasteiger partial charge on any atom is 0.0748 e. The van der Waals surface area contributed by atoms with Gasteiger partial charge in [-0.2, -0.15) is 0 Å². The minimum absolute atomic E-state index is 0.524. The van der Waals surface area contributed by atoms with Gasteiger partial charge in [0.25, 0.3) is 0 Å². The fourth-order valence-electron chi connectivity index (χ4n) is 0.803. The van der Waals surface area contributed by atoms with Crippen molar-refractivity contribution in [3.8, 4) is 0 Å². The lowest BCUT2D eigenvalue weighted by molar-refractivity contribution is 0.344. The van der Waals surface area contributed by atoms with E-state index in [2.05, 4.69) is 11.8 Å². The molecule has 0 radical (unpaired) electrons. The summed E-state index contributed by atoms with van der Waals surface area (Å²) in [5.74, 6) is 1.62. The summed E-state index contributed by atoms with van der Waals surface area (Å²) in [7, 11) is 1.45. The molecule has 3 heteroatoms. The monoisotopic (exact) mass is 163 g/mol. The van der Waals surface area contributed by atoms with E-state index < -0.39 is 10.8 Å². The van der Waals surface area contributed by atoms with Crippen LogP contribution in [0, 0.1) is 0 Å². The van der Waals surface area contributed by atoms with Crippen molar-refractivity contribution >= 4 is 10.8 Å². The second-order valence-electron chi connectivity index (χ2n) is 2.34. The highest BCUT2D eigenvalue weighted by atomic mass is 32.2. The van der Waals surface area contributed by atoms with Crippen molar-refractivity contribution in [3.05, 3.63) is 0 Å². The zero-order valence-corrected chi connectivity index (χ0v) is 8.07. The van der Waals surface area contributed by atoms with Gasteiger partial charge in [-0.15, -0.1) is 0 Å². The summed E-state index contributed by atoms with van der Waals surface area (Å²) in [5, 5.41) is 0. The molecule has 2 nitrogen and oxygen atoms in total. The predicted molar refractivity (Wildman–Crippen MR) is 46.4 cm³/mol. The van der Waals surface area contributed by atoms with Gasteiger partial charge < -0.3 is 0 Å². The Morgan fingerprint density at radius 1 is 1.50 bits per heavy atom. The van der Waals surface area contributed by atoms with Crippen LogP contribution in [0.2, 0.25) is 0 Å². The van der Waals surface area contributed by atoms with Crippen LogP contribution >= 0.6 is 0 Å². The van der Waals surface area contributed by atoms with E-state index in [4.69, 9.17) is 0 Å². The summed E-state index contributed by atoms with van der Waals surface area (Å²) in [4.78, 5) is 2.12. The molecule has 10 heavy (non-hydrogen) atoms. The number of rotatable bonds is 0. The van der Waals surface area contributed by atoms with Crippen LogP contribution < -0.4 is 0 Å². The van der Waals surface area contributed by atoms with E-state index >= 15 is 0 Å². The standard InChI is InChI=1S/C5H11NOS.C2H6/c1-5-3-8(7)4-6(5)2;1-2/h5H,3-4H2,1-2H3;1-2H3. The molecule has 0 spiro atoms. The highest BCUT2D eigenvalue weighted by Crippen LogP contribution is 2.07. The number of nitrogens with zero attached hydrogens (tertiary/aromatic N) is 1. The van der Waals surface area contributed by atoms with Crippen LogP contribution in [-0.2, 0) is 10.8 Å². The fourth-order valence-corrected chi connectivity index (χ4v) is 2.41. The Bertz CT molecular complexity index is 104. The SMILES string of the molecule is CC.CC1CS(=O)CN1C. The maximum atomic E-state index is 10.7. The molecule has 62 valence electrons. The molecule has 0 aromatic heterocycles. The van der Waals surface area contributed by atoms with Gasteiger partial charge in [-0.1, -0.05) is 13.8 Å². The van der Waals surface area contributed by atoms with Crippen LogP contribution in [0.15, 0.2) is 0 Å². The van der Waals surface area contributed by atoms with Crippen LogP contribution in [0.5, 0.6) is 0 Å². The van der Waals surface area contributed by atoms with Crippen LogP contribution in [0.25, 0.3) is 0 Å². The maximum absolute atomic E-state index is 10.7. The molecule has 1 rings (SSSR count). The van der Waals surface area contributed by atoms with Gasteiger partial charge in [0.15, 0.2) is 0 Å². The smallest absolute Gasteiger partial charge is 0.0748 e. The van der Waals surface area contributed by atoms with Crippen molar-refractivity contribution in [1.82, 2.24) is 4.90 Å². The molecule has 0 N–H and O–H groups in total. The summed E-state index contributed by atoms with van der Waals surface area (Å²) in [6.07, 6.45) is 0. The normalized spacial score (nSPS) is 33.2. The third-order valence-electron chi connectivity index (χ3n) is 1.53. The van der Waals surface area contributed by atoms with Gasteiger partial charge >= 0.3 is 0 Å². The van der Waals surface area contributed by atoms with E-state index in [1.54, 1.807) is 0 Å². The molecule has 0 amide bonds. The third-order valence-corrected chi connectivity index (χ3v) is 3.08. The molecule has 2 unspecified atom stereocenters. The van der Waals surface area contributed by atoms with E-state index in [1.807, 2.05) is 20.9 Å². The Kier molecular flexibility index (Phi) is 4.91. The van der Waals surface area contributed by atoms with E-state index in [0.29, 0.717) is 6.04 Å². The van der Waals surface area contributed by atoms with Gasteiger partial charge in [0.2, 0.25) is 0 Å². The molecule has 0 aliphatic carbocycles. The molecule has 2 atom stereocenters. The molecule has 0 saturated carbocycles. The average Bonchev–Trinajstić information content (AvgIpc) is 2.16. The summed E-state index contributed by atoms with van der Waals surface area (Å²) in [6.45, 7) is 6.10. The van der Waals surface area contributed by atoms with Crippen LogP contribution in [0.4, 0.5) is 0 Å². The van der Waals surface area contributed by atoms with Crippen LogP contribution in [-0.4, -0.2) is 33.8 Å². The fraction of sp³-hybridized carbons (Fsp3) is 1.00. The Balaban J connectivity index is 0.000000371. The first-order valence-corrected chi connectivity index (χ1v) is 5.24. The van der Waals surface area contributed by atoms with Gasteiger partial charge in [0, 0.05) is 22.6 Å². The Hall–Kier alpha value is 0.110. The lowest BCUT2D eigenvalue weighted by Gasteiger charge is -2.10. The molecular weight excluding hydrogens is 146 g/mol. The Labute approximate surface area is 66.1 Å². The molecule has 1 aliphatic rings. The first kappa shape index (κ1) is 10.1. The lowest BCUT2D eigenvalue weighted by Crippen LogP contribution is -2.22. The summed E-state index contributed by atoms with van der Waals surface area (Å²) >= 11 is 0. The molecule has 0 bridgehead atoms. The third kappa shape index (κ3) is 2.80. The molecule has 0 aromatic carbocycles. The second-order valence-corrected chi connectivity index (χ2v) is 3.81. The average molecular weight is 163 g/mol. The molecule has 0 aromatic rings. The molecule has 1 fully saturated rings. The minimum atomic E-state index is -0.557. The van der Waals surface area contributed by atoms with Gasteiger partial charge in [-0.25, -0.2) is 0 Å². The molecular formula is C7H17NOS.